The molecular formula is C19H25N3O3. The Balaban J connectivity index is 2.04. The smallest absolute Gasteiger partial charge is 0.313 e. The van der Waals surface area contributed by atoms with Gasteiger partial charge in [-0.15, -0.1) is 0 Å². The van der Waals surface area contributed by atoms with Gasteiger partial charge in [0.2, 0.25) is 0 Å². The van der Waals surface area contributed by atoms with Crippen LogP contribution in [0.4, 0.5) is 5.69 Å². The number of aryl methyl sites for hydroxylation is 2. The fourth-order valence-corrected chi connectivity index (χ4v) is 2.66. The first-order valence-electron chi connectivity index (χ1n) is 8.62. The quantitative estimate of drug-likeness (QED) is 0.593. The molecule has 2 N–H and O–H groups in total. The lowest BCUT2D eigenvalue weighted by molar-refractivity contribution is -0.136. The van der Waals surface area contributed by atoms with Crippen LogP contribution in [0.1, 0.15) is 55.7 Å². The normalized spacial score (nSPS) is 11.8. The Labute approximate surface area is 148 Å². The molecule has 0 aliphatic carbocycles. The lowest BCUT2D eigenvalue weighted by atomic mass is 10.0. The van der Waals surface area contributed by atoms with Gasteiger partial charge in [-0.25, -0.2) is 0 Å². The molecule has 0 aliphatic rings. The SMILES string of the molecule is CCCCCC(NC(=O)C(=O)Nc1c(C)noc1C)c1ccccc1. The van der Waals surface area contributed by atoms with E-state index in [0.717, 1.165) is 31.2 Å². The molecule has 0 aliphatic heterocycles. The highest BCUT2D eigenvalue weighted by Crippen LogP contribution is 2.21. The molecule has 1 aromatic heterocycles. The molecular weight excluding hydrogens is 318 g/mol. The molecule has 0 spiro atoms. The summed E-state index contributed by atoms with van der Waals surface area (Å²) in [4.78, 5) is 24.6. The summed E-state index contributed by atoms with van der Waals surface area (Å²) in [6.45, 7) is 5.53. The minimum absolute atomic E-state index is 0.185. The Bertz CT molecular complexity index is 690. The molecule has 134 valence electrons. The molecule has 1 heterocycles. The Morgan fingerprint density at radius 1 is 1.12 bits per heavy atom. The summed E-state index contributed by atoms with van der Waals surface area (Å²) in [5, 5.41) is 9.18. The number of nitrogens with one attached hydrogen (secondary N) is 2. The molecule has 0 saturated carbocycles. The van der Waals surface area contributed by atoms with Crippen molar-refractivity contribution in [2.75, 3.05) is 5.32 Å². The zero-order chi connectivity index (χ0) is 18.2. The second-order valence-corrected chi connectivity index (χ2v) is 6.09. The van der Waals surface area contributed by atoms with Gasteiger partial charge in [-0.05, 0) is 25.8 Å². The first-order chi connectivity index (χ1) is 12.0. The Morgan fingerprint density at radius 2 is 1.84 bits per heavy atom. The molecule has 1 atom stereocenters. The van der Waals surface area contributed by atoms with E-state index in [1.165, 1.54) is 0 Å². The highest BCUT2D eigenvalue weighted by Gasteiger charge is 2.22. The summed E-state index contributed by atoms with van der Waals surface area (Å²) in [6.07, 6.45) is 3.97. The van der Waals surface area contributed by atoms with E-state index in [4.69, 9.17) is 4.52 Å². The van der Waals surface area contributed by atoms with Crippen LogP contribution in [0.15, 0.2) is 34.9 Å². The van der Waals surface area contributed by atoms with E-state index >= 15 is 0 Å². The van der Waals surface area contributed by atoms with Crippen molar-refractivity contribution in [2.45, 2.75) is 52.5 Å². The summed E-state index contributed by atoms with van der Waals surface area (Å²) in [6, 6.07) is 9.53. The van der Waals surface area contributed by atoms with E-state index in [2.05, 4.69) is 22.7 Å². The molecule has 1 unspecified atom stereocenters. The molecule has 0 saturated heterocycles. The molecule has 6 heteroatoms. The molecule has 1 aromatic carbocycles. The van der Waals surface area contributed by atoms with Gasteiger partial charge in [-0.1, -0.05) is 61.7 Å². The molecule has 6 nitrogen and oxygen atoms in total. The highest BCUT2D eigenvalue weighted by molar-refractivity contribution is 6.39. The lowest BCUT2D eigenvalue weighted by Gasteiger charge is -2.19. The first-order valence-corrected chi connectivity index (χ1v) is 8.62. The summed E-state index contributed by atoms with van der Waals surface area (Å²) >= 11 is 0. The van der Waals surface area contributed by atoms with E-state index < -0.39 is 11.8 Å². The third-order valence-corrected chi connectivity index (χ3v) is 4.08. The number of nitrogens with zero attached hydrogens (tertiary/aromatic N) is 1. The molecule has 0 bridgehead atoms. The van der Waals surface area contributed by atoms with E-state index in [-0.39, 0.29) is 6.04 Å². The highest BCUT2D eigenvalue weighted by atomic mass is 16.5. The fraction of sp³-hybridized carbons (Fsp3) is 0.421. The fourth-order valence-electron chi connectivity index (χ4n) is 2.66. The number of benzene rings is 1. The van der Waals surface area contributed by atoms with Gasteiger partial charge in [0.25, 0.3) is 0 Å². The first kappa shape index (κ1) is 18.7. The van der Waals surface area contributed by atoms with Crippen molar-refractivity contribution in [2.24, 2.45) is 0 Å². The van der Waals surface area contributed by atoms with Crippen molar-refractivity contribution in [3.8, 4) is 0 Å². The molecule has 0 radical (unpaired) electrons. The van der Waals surface area contributed by atoms with Crippen molar-refractivity contribution < 1.29 is 14.1 Å². The Hall–Kier alpha value is -2.63. The third kappa shape index (κ3) is 5.17. The van der Waals surface area contributed by atoms with Gasteiger partial charge in [0, 0.05) is 0 Å². The predicted molar refractivity (Wildman–Crippen MR) is 96.1 cm³/mol. The number of unbranched alkanes of at least 4 members (excludes halogenated alkanes) is 2. The van der Waals surface area contributed by atoms with Crippen LogP contribution in [0.25, 0.3) is 0 Å². The maximum Gasteiger partial charge on any atom is 0.313 e. The Kier molecular flexibility index (Phi) is 6.74. The van der Waals surface area contributed by atoms with Crippen molar-refractivity contribution in [3.63, 3.8) is 0 Å². The van der Waals surface area contributed by atoms with Crippen LogP contribution in [0.2, 0.25) is 0 Å². The third-order valence-electron chi connectivity index (χ3n) is 4.08. The van der Waals surface area contributed by atoms with Crippen molar-refractivity contribution in [1.82, 2.24) is 10.5 Å². The Morgan fingerprint density at radius 3 is 2.44 bits per heavy atom. The minimum Gasteiger partial charge on any atom is -0.359 e. The number of hydrogen-bond donors (Lipinski definition) is 2. The van der Waals surface area contributed by atoms with Gasteiger partial charge >= 0.3 is 11.8 Å². The maximum atomic E-state index is 12.3. The second kappa shape index (κ2) is 9.01. The van der Waals surface area contributed by atoms with Gasteiger partial charge in [0.05, 0.1) is 6.04 Å². The summed E-state index contributed by atoms with van der Waals surface area (Å²) in [7, 11) is 0. The van der Waals surface area contributed by atoms with Crippen LogP contribution < -0.4 is 10.6 Å². The summed E-state index contributed by atoms with van der Waals surface area (Å²) in [5.41, 5.74) is 1.99. The van der Waals surface area contributed by atoms with Crippen molar-refractivity contribution >= 4 is 17.5 Å². The number of anilines is 1. The van der Waals surface area contributed by atoms with Gasteiger partial charge in [0.1, 0.15) is 11.4 Å². The number of carbonyl (C=O) groups is 2. The van der Waals surface area contributed by atoms with Gasteiger partial charge in [0.15, 0.2) is 5.76 Å². The zero-order valence-electron chi connectivity index (χ0n) is 15.0. The number of carbonyl (C=O) groups excluding carboxylic acids is 2. The van der Waals surface area contributed by atoms with Gasteiger partial charge in [-0.2, -0.15) is 0 Å². The summed E-state index contributed by atoms with van der Waals surface area (Å²) < 4.78 is 5.00. The number of hydrogen-bond acceptors (Lipinski definition) is 4. The van der Waals surface area contributed by atoms with Crippen LogP contribution in [-0.4, -0.2) is 17.0 Å². The zero-order valence-corrected chi connectivity index (χ0v) is 15.0. The number of aromatic nitrogens is 1. The maximum absolute atomic E-state index is 12.3. The van der Waals surface area contributed by atoms with Crippen molar-refractivity contribution in [1.29, 1.82) is 0 Å². The predicted octanol–water partition coefficient (Wildman–Crippen LogP) is 3.67. The number of rotatable bonds is 7. The van der Waals surface area contributed by atoms with Crippen LogP contribution in [-0.2, 0) is 9.59 Å². The summed E-state index contributed by atoms with van der Waals surface area (Å²) in [5.74, 6) is -0.905. The van der Waals surface area contributed by atoms with Gasteiger partial charge in [-0.3, -0.25) is 9.59 Å². The van der Waals surface area contributed by atoms with Crippen molar-refractivity contribution in [3.05, 3.63) is 47.3 Å². The van der Waals surface area contributed by atoms with Crippen LogP contribution in [0.3, 0.4) is 0 Å². The molecule has 0 fully saturated rings. The standard InChI is InChI=1S/C19H25N3O3/c1-4-5-7-12-16(15-10-8-6-9-11-15)20-18(23)19(24)21-17-13(2)22-25-14(17)3/h6,8-11,16H,4-5,7,12H2,1-3H3,(H,20,23)(H,21,24). The monoisotopic (exact) mass is 343 g/mol. The second-order valence-electron chi connectivity index (χ2n) is 6.09. The topological polar surface area (TPSA) is 84.2 Å². The molecule has 2 aromatic rings. The largest absolute Gasteiger partial charge is 0.359 e. The lowest BCUT2D eigenvalue weighted by Crippen LogP contribution is -2.38. The van der Waals surface area contributed by atoms with Gasteiger partial charge < -0.3 is 15.2 Å². The average molecular weight is 343 g/mol. The van der Waals surface area contributed by atoms with E-state index in [0.29, 0.717) is 17.1 Å². The van der Waals surface area contributed by atoms with Crippen LogP contribution >= 0.6 is 0 Å². The number of amides is 2. The molecule has 2 rings (SSSR count). The van der Waals surface area contributed by atoms with Crippen LogP contribution in [0, 0.1) is 13.8 Å². The van der Waals surface area contributed by atoms with E-state index in [1.54, 1.807) is 13.8 Å². The molecule has 2 amide bonds. The van der Waals surface area contributed by atoms with E-state index in [1.807, 2.05) is 30.3 Å². The van der Waals surface area contributed by atoms with Crippen LogP contribution in [0.5, 0.6) is 0 Å². The average Bonchev–Trinajstić information content (AvgIpc) is 2.93. The minimum atomic E-state index is -0.717. The van der Waals surface area contributed by atoms with E-state index in [9.17, 15) is 9.59 Å². The molecule has 25 heavy (non-hydrogen) atoms.